The molecule has 1 aromatic heterocycles. The number of aryl methyl sites for hydroxylation is 1. The molecule has 2 heterocycles. The summed E-state index contributed by atoms with van der Waals surface area (Å²) in [5, 5.41) is 4.74. The molecule has 0 saturated heterocycles. The van der Waals surface area contributed by atoms with E-state index in [1.165, 1.54) is 22.6 Å². The number of thiophene rings is 1. The van der Waals surface area contributed by atoms with Crippen LogP contribution in [-0.4, -0.2) is 12.5 Å². The van der Waals surface area contributed by atoms with Crippen LogP contribution in [0, 0.1) is 0 Å². The van der Waals surface area contributed by atoms with Gasteiger partial charge in [-0.25, -0.2) is 0 Å². The predicted molar refractivity (Wildman–Crippen MR) is 109 cm³/mol. The number of hydrogen-bond acceptors (Lipinski definition) is 3. The van der Waals surface area contributed by atoms with E-state index in [-0.39, 0.29) is 5.91 Å². The van der Waals surface area contributed by atoms with Gasteiger partial charge in [-0.2, -0.15) is 0 Å². The van der Waals surface area contributed by atoms with Gasteiger partial charge in [-0.1, -0.05) is 48.0 Å². The molecule has 1 amide bonds. The molecule has 0 saturated carbocycles. The molecule has 0 radical (unpaired) electrons. The first-order valence-corrected chi connectivity index (χ1v) is 9.89. The largest absolute Gasteiger partial charge is 0.347 e. The molecule has 0 unspecified atom stereocenters. The number of carbonyl (C=O) groups is 1. The second-order valence-corrected chi connectivity index (χ2v) is 7.77. The van der Waals surface area contributed by atoms with Crippen LogP contribution in [-0.2, 0) is 13.0 Å². The van der Waals surface area contributed by atoms with Gasteiger partial charge in [0.1, 0.15) is 0 Å². The number of carbonyl (C=O) groups excluding carboxylic acids is 1. The number of para-hydroxylation sites is 1. The minimum absolute atomic E-state index is 0.0635. The number of nitrogens with one attached hydrogen (secondary N) is 1. The second kappa shape index (κ2) is 7.52. The molecule has 3 aromatic rings. The van der Waals surface area contributed by atoms with E-state index in [9.17, 15) is 4.79 Å². The second-order valence-electron chi connectivity index (χ2n) is 6.30. The van der Waals surface area contributed by atoms with Crippen molar-refractivity contribution in [3.63, 3.8) is 0 Å². The zero-order valence-corrected chi connectivity index (χ0v) is 15.8. The zero-order valence-electron chi connectivity index (χ0n) is 14.2. The highest BCUT2D eigenvalue weighted by Crippen LogP contribution is 2.37. The molecule has 0 spiro atoms. The molecule has 26 heavy (non-hydrogen) atoms. The van der Waals surface area contributed by atoms with Crippen molar-refractivity contribution in [1.29, 1.82) is 0 Å². The van der Waals surface area contributed by atoms with Gasteiger partial charge >= 0.3 is 0 Å². The third-order valence-corrected chi connectivity index (χ3v) is 6.06. The summed E-state index contributed by atoms with van der Waals surface area (Å²) in [7, 11) is 0. The third kappa shape index (κ3) is 3.48. The lowest BCUT2D eigenvalue weighted by molar-refractivity contribution is 0.0955. The van der Waals surface area contributed by atoms with Crippen LogP contribution in [0.5, 0.6) is 0 Å². The van der Waals surface area contributed by atoms with Crippen LogP contribution in [0.15, 0.2) is 60.7 Å². The van der Waals surface area contributed by atoms with Crippen LogP contribution >= 0.6 is 22.9 Å². The average Bonchev–Trinajstić information content (AvgIpc) is 3.17. The first kappa shape index (κ1) is 17.1. The monoisotopic (exact) mass is 382 g/mol. The molecule has 1 aliphatic heterocycles. The van der Waals surface area contributed by atoms with Gasteiger partial charge in [0.2, 0.25) is 0 Å². The SMILES string of the molecule is O=C(NCc1ccccc1Cl)c1ccc(N2CCCc3ccccc32)s1. The van der Waals surface area contributed by atoms with Crippen molar-refractivity contribution in [2.24, 2.45) is 0 Å². The summed E-state index contributed by atoms with van der Waals surface area (Å²) in [5.74, 6) is -0.0635. The number of benzene rings is 2. The van der Waals surface area contributed by atoms with E-state index < -0.39 is 0 Å². The fourth-order valence-corrected chi connectivity index (χ4v) is 4.43. The lowest BCUT2D eigenvalue weighted by Crippen LogP contribution is -2.23. The Labute approximate surface area is 162 Å². The van der Waals surface area contributed by atoms with E-state index in [0.29, 0.717) is 11.6 Å². The lowest BCUT2D eigenvalue weighted by Gasteiger charge is -2.30. The first-order valence-electron chi connectivity index (χ1n) is 8.69. The van der Waals surface area contributed by atoms with Gasteiger partial charge in [0, 0.05) is 23.8 Å². The lowest BCUT2D eigenvalue weighted by atomic mass is 10.0. The molecule has 2 aromatic carbocycles. The van der Waals surface area contributed by atoms with Crippen molar-refractivity contribution in [1.82, 2.24) is 5.32 Å². The van der Waals surface area contributed by atoms with Gasteiger partial charge in [-0.05, 0) is 48.2 Å². The van der Waals surface area contributed by atoms with Crippen molar-refractivity contribution in [2.75, 3.05) is 11.4 Å². The van der Waals surface area contributed by atoms with Gasteiger partial charge < -0.3 is 10.2 Å². The first-order chi connectivity index (χ1) is 12.7. The summed E-state index contributed by atoms with van der Waals surface area (Å²) >= 11 is 7.68. The molecule has 1 N–H and O–H groups in total. The number of amides is 1. The maximum Gasteiger partial charge on any atom is 0.261 e. The van der Waals surface area contributed by atoms with Crippen molar-refractivity contribution < 1.29 is 4.79 Å². The number of fused-ring (bicyclic) bond motifs is 1. The molecule has 3 nitrogen and oxygen atoms in total. The van der Waals surface area contributed by atoms with Gasteiger partial charge in [0.25, 0.3) is 5.91 Å². The summed E-state index contributed by atoms with van der Waals surface area (Å²) in [6, 6.07) is 20.0. The van der Waals surface area contributed by atoms with E-state index in [1.807, 2.05) is 36.4 Å². The molecule has 5 heteroatoms. The Hall–Kier alpha value is -2.30. The molecular formula is C21H19ClN2OS. The van der Waals surface area contributed by atoms with E-state index in [1.54, 1.807) is 0 Å². The Morgan fingerprint density at radius 2 is 1.88 bits per heavy atom. The number of hydrogen-bond donors (Lipinski definition) is 1. The van der Waals surface area contributed by atoms with E-state index in [4.69, 9.17) is 11.6 Å². The highest BCUT2D eigenvalue weighted by atomic mass is 35.5. The smallest absolute Gasteiger partial charge is 0.261 e. The maximum absolute atomic E-state index is 12.5. The number of rotatable bonds is 4. The Morgan fingerprint density at radius 3 is 2.77 bits per heavy atom. The van der Waals surface area contributed by atoms with Crippen molar-refractivity contribution >= 4 is 39.5 Å². The summed E-state index contributed by atoms with van der Waals surface area (Å²) in [6.07, 6.45) is 2.24. The topological polar surface area (TPSA) is 32.3 Å². The zero-order chi connectivity index (χ0) is 17.9. The fourth-order valence-electron chi connectivity index (χ4n) is 3.26. The molecule has 0 fully saturated rings. The van der Waals surface area contributed by atoms with Gasteiger partial charge in [-0.3, -0.25) is 4.79 Å². The highest BCUT2D eigenvalue weighted by Gasteiger charge is 2.20. The third-order valence-electron chi connectivity index (χ3n) is 4.59. The van der Waals surface area contributed by atoms with Gasteiger partial charge in [0.05, 0.1) is 9.88 Å². The van der Waals surface area contributed by atoms with Crippen LogP contribution in [0.4, 0.5) is 10.7 Å². The number of halogens is 1. The fraction of sp³-hybridized carbons (Fsp3) is 0.190. The summed E-state index contributed by atoms with van der Waals surface area (Å²) in [5.41, 5.74) is 3.55. The summed E-state index contributed by atoms with van der Waals surface area (Å²) in [4.78, 5) is 15.5. The minimum Gasteiger partial charge on any atom is -0.347 e. The molecule has 0 bridgehead atoms. The standard InChI is InChI=1S/C21H19ClN2OS/c22-17-9-3-1-7-16(17)14-23-21(25)19-11-12-20(26-19)24-13-5-8-15-6-2-4-10-18(15)24/h1-4,6-7,9-12H,5,8,13-14H2,(H,23,25). The van der Waals surface area contributed by atoms with Gasteiger partial charge in [0.15, 0.2) is 0 Å². The maximum atomic E-state index is 12.5. The van der Waals surface area contributed by atoms with Gasteiger partial charge in [-0.15, -0.1) is 11.3 Å². The van der Waals surface area contributed by atoms with E-state index >= 15 is 0 Å². The Kier molecular flexibility index (Phi) is 4.96. The Bertz CT molecular complexity index is 937. The Morgan fingerprint density at radius 1 is 1.08 bits per heavy atom. The van der Waals surface area contributed by atoms with Crippen molar-refractivity contribution in [2.45, 2.75) is 19.4 Å². The molecule has 1 aliphatic rings. The molecular weight excluding hydrogens is 364 g/mol. The van der Waals surface area contributed by atoms with E-state index in [0.717, 1.165) is 34.8 Å². The van der Waals surface area contributed by atoms with Crippen LogP contribution in [0.3, 0.4) is 0 Å². The highest BCUT2D eigenvalue weighted by molar-refractivity contribution is 7.18. The van der Waals surface area contributed by atoms with Crippen LogP contribution in [0.1, 0.15) is 27.2 Å². The van der Waals surface area contributed by atoms with Crippen LogP contribution in [0.25, 0.3) is 0 Å². The van der Waals surface area contributed by atoms with E-state index in [2.05, 4.69) is 34.5 Å². The van der Waals surface area contributed by atoms with Crippen LogP contribution < -0.4 is 10.2 Å². The quantitative estimate of drug-likeness (QED) is 0.653. The molecule has 0 atom stereocenters. The summed E-state index contributed by atoms with van der Waals surface area (Å²) < 4.78 is 0. The Balaban J connectivity index is 1.48. The summed E-state index contributed by atoms with van der Waals surface area (Å²) in [6.45, 7) is 1.41. The number of nitrogens with zero attached hydrogens (tertiary/aromatic N) is 1. The molecule has 4 rings (SSSR count). The molecule has 132 valence electrons. The minimum atomic E-state index is -0.0635. The van der Waals surface area contributed by atoms with Crippen LogP contribution in [0.2, 0.25) is 5.02 Å². The molecule has 0 aliphatic carbocycles. The van der Waals surface area contributed by atoms with Crippen molar-refractivity contribution in [3.8, 4) is 0 Å². The number of anilines is 2. The normalized spacial score (nSPS) is 13.3. The van der Waals surface area contributed by atoms with Crippen molar-refractivity contribution in [3.05, 3.63) is 81.7 Å². The predicted octanol–water partition coefficient (Wildman–Crippen LogP) is 5.42. The average molecular weight is 383 g/mol.